The second-order valence-corrected chi connectivity index (χ2v) is 7.23. The van der Waals surface area contributed by atoms with Crippen molar-refractivity contribution in [2.45, 2.75) is 13.0 Å². The van der Waals surface area contributed by atoms with Crippen molar-refractivity contribution < 1.29 is 18.3 Å². The van der Waals surface area contributed by atoms with Crippen molar-refractivity contribution in [3.8, 4) is 5.75 Å². The lowest BCUT2D eigenvalue weighted by Crippen LogP contribution is -2.29. The maximum absolute atomic E-state index is 13.9. The molecule has 1 amide bonds. The predicted octanol–water partition coefficient (Wildman–Crippen LogP) is 5.08. The van der Waals surface area contributed by atoms with Crippen molar-refractivity contribution in [1.82, 2.24) is 0 Å². The molecule has 1 aliphatic heterocycles. The van der Waals surface area contributed by atoms with Crippen LogP contribution in [0.4, 0.5) is 10.1 Å². The molecule has 5 rings (SSSR count). The van der Waals surface area contributed by atoms with Gasteiger partial charge in [0, 0.05) is 5.69 Å². The minimum atomic E-state index is -0.704. The summed E-state index contributed by atoms with van der Waals surface area (Å²) in [6, 6.07) is 19.4. The largest absolute Gasteiger partial charge is 0.494 e. The summed E-state index contributed by atoms with van der Waals surface area (Å²) < 4.78 is 25.2. The topological polar surface area (TPSA) is 59.8 Å². The lowest BCUT2D eigenvalue weighted by molar-refractivity contribution is 0.0971. The molecule has 2 heterocycles. The number of halogens is 1. The van der Waals surface area contributed by atoms with Crippen molar-refractivity contribution in [3.05, 3.63) is 106 Å². The van der Waals surface area contributed by atoms with Crippen LogP contribution >= 0.6 is 0 Å². The molecule has 0 radical (unpaired) electrons. The fourth-order valence-corrected chi connectivity index (χ4v) is 4.03. The Kier molecular flexibility index (Phi) is 4.55. The van der Waals surface area contributed by atoms with Crippen molar-refractivity contribution in [3.63, 3.8) is 0 Å². The van der Waals surface area contributed by atoms with Crippen molar-refractivity contribution in [1.29, 1.82) is 0 Å². The third-order valence-electron chi connectivity index (χ3n) is 5.37. The molecule has 1 unspecified atom stereocenters. The van der Waals surface area contributed by atoms with Gasteiger partial charge < -0.3 is 9.15 Å². The first-order chi connectivity index (χ1) is 15.1. The van der Waals surface area contributed by atoms with E-state index in [2.05, 4.69) is 0 Å². The van der Waals surface area contributed by atoms with E-state index in [0.717, 1.165) is 11.6 Å². The summed E-state index contributed by atoms with van der Waals surface area (Å²) in [4.78, 5) is 28.4. The Labute approximate surface area is 177 Å². The molecule has 154 valence electrons. The Balaban J connectivity index is 1.76. The lowest BCUT2D eigenvalue weighted by atomic mass is 9.98. The van der Waals surface area contributed by atoms with Gasteiger partial charge in [0.05, 0.1) is 23.6 Å². The van der Waals surface area contributed by atoms with E-state index in [0.29, 0.717) is 18.0 Å². The van der Waals surface area contributed by atoms with Gasteiger partial charge in [0.2, 0.25) is 5.76 Å². The first-order valence-electron chi connectivity index (χ1n) is 9.96. The number of hydrogen-bond acceptors (Lipinski definition) is 4. The number of carbonyl (C=O) groups is 1. The summed E-state index contributed by atoms with van der Waals surface area (Å²) in [5.41, 5.74) is 1.33. The Morgan fingerprint density at radius 3 is 2.45 bits per heavy atom. The Morgan fingerprint density at radius 1 is 1.00 bits per heavy atom. The highest BCUT2D eigenvalue weighted by atomic mass is 19.1. The van der Waals surface area contributed by atoms with Crippen LogP contribution in [0.15, 0.2) is 82.0 Å². The van der Waals surface area contributed by atoms with E-state index >= 15 is 0 Å². The third-order valence-corrected chi connectivity index (χ3v) is 5.37. The van der Waals surface area contributed by atoms with Crippen LogP contribution in [0.5, 0.6) is 5.75 Å². The van der Waals surface area contributed by atoms with Crippen LogP contribution in [-0.4, -0.2) is 12.5 Å². The highest BCUT2D eigenvalue weighted by Gasteiger charge is 2.43. The number of hydrogen-bond donors (Lipinski definition) is 0. The van der Waals surface area contributed by atoms with E-state index < -0.39 is 23.2 Å². The molecular weight excluding hydrogens is 397 g/mol. The molecule has 1 atom stereocenters. The zero-order valence-corrected chi connectivity index (χ0v) is 16.7. The van der Waals surface area contributed by atoms with Crippen molar-refractivity contribution in [2.75, 3.05) is 11.5 Å². The lowest BCUT2D eigenvalue weighted by Gasteiger charge is -2.25. The van der Waals surface area contributed by atoms with Crippen LogP contribution in [0, 0.1) is 5.82 Å². The molecule has 0 N–H and O–H groups in total. The van der Waals surface area contributed by atoms with Gasteiger partial charge in [-0.2, -0.15) is 0 Å². The number of anilines is 1. The fourth-order valence-electron chi connectivity index (χ4n) is 4.03. The third kappa shape index (κ3) is 3.08. The molecule has 0 fully saturated rings. The second-order valence-electron chi connectivity index (χ2n) is 7.23. The molecular formula is C25H18FNO4. The van der Waals surface area contributed by atoms with Gasteiger partial charge in [0.25, 0.3) is 5.91 Å². The number of amides is 1. The smallest absolute Gasteiger partial charge is 0.295 e. The summed E-state index contributed by atoms with van der Waals surface area (Å²) in [6.07, 6.45) is 0. The van der Waals surface area contributed by atoms with Crippen LogP contribution in [0.2, 0.25) is 0 Å². The van der Waals surface area contributed by atoms with E-state index in [1.165, 1.54) is 12.1 Å². The first kappa shape index (κ1) is 19.1. The summed E-state index contributed by atoms with van der Waals surface area (Å²) in [5, 5.41) is 0.109. The Bertz CT molecular complexity index is 1350. The molecule has 0 saturated heterocycles. The van der Waals surface area contributed by atoms with Gasteiger partial charge in [-0.25, -0.2) is 4.39 Å². The van der Waals surface area contributed by atoms with Crippen LogP contribution in [0.3, 0.4) is 0 Å². The molecule has 4 aromatic rings. The molecule has 1 aromatic heterocycles. The second kappa shape index (κ2) is 7.40. The SMILES string of the molecule is CCOc1ccc(C2c3c(oc4ccc(F)cc4c3=O)C(=O)N2c2ccccc2)cc1. The van der Waals surface area contributed by atoms with Crippen LogP contribution in [-0.2, 0) is 0 Å². The summed E-state index contributed by atoms with van der Waals surface area (Å²) >= 11 is 0. The van der Waals surface area contributed by atoms with Gasteiger partial charge in [-0.3, -0.25) is 14.5 Å². The van der Waals surface area contributed by atoms with Gasteiger partial charge >= 0.3 is 0 Å². The average Bonchev–Trinajstić information content (AvgIpc) is 3.08. The zero-order valence-electron chi connectivity index (χ0n) is 16.7. The normalized spacial score (nSPS) is 15.4. The highest BCUT2D eigenvalue weighted by molar-refractivity contribution is 6.10. The zero-order chi connectivity index (χ0) is 21.5. The molecule has 0 saturated carbocycles. The molecule has 5 nitrogen and oxygen atoms in total. The van der Waals surface area contributed by atoms with Crippen LogP contribution in [0.25, 0.3) is 11.0 Å². The molecule has 0 spiro atoms. The summed E-state index contributed by atoms with van der Waals surface area (Å²) in [7, 11) is 0. The number of para-hydroxylation sites is 1. The fraction of sp³-hybridized carbons (Fsp3) is 0.120. The maximum atomic E-state index is 13.9. The van der Waals surface area contributed by atoms with Crippen LogP contribution < -0.4 is 15.1 Å². The first-order valence-corrected chi connectivity index (χ1v) is 9.96. The molecule has 6 heteroatoms. The number of fused-ring (bicyclic) bond motifs is 2. The van der Waals surface area contributed by atoms with E-state index in [4.69, 9.17) is 9.15 Å². The summed E-state index contributed by atoms with van der Waals surface area (Å²) in [5.74, 6) is -0.286. The van der Waals surface area contributed by atoms with Gasteiger partial charge in [-0.15, -0.1) is 0 Å². The van der Waals surface area contributed by atoms with E-state index in [1.54, 1.807) is 29.2 Å². The van der Waals surface area contributed by atoms with E-state index in [9.17, 15) is 14.0 Å². The average molecular weight is 415 g/mol. The maximum Gasteiger partial charge on any atom is 0.295 e. The Morgan fingerprint density at radius 2 is 1.74 bits per heavy atom. The van der Waals surface area contributed by atoms with Gasteiger partial charge in [-0.05, 0) is 55.0 Å². The Hall–Kier alpha value is -3.93. The van der Waals surface area contributed by atoms with Gasteiger partial charge in [-0.1, -0.05) is 30.3 Å². The highest BCUT2D eigenvalue weighted by Crippen LogP contribution is 2.41. The minimum Gasteiger partial charge on any atom is -0.494 e. The standard InChI is InChI=1S/C25H18FNO4/c1-2-30-18-11-8-15(9-12-18)22-21-23(28)19-14-16(26)10-13-20(19)31-24(21)25(29)27(22)17-6-4-3-5-7-17/h3-14,22H,2H2,1H3. The number of rotatable bonds is 4. The number of carbonyl (C=O) groups excluding carboxylic acids is 1. The monoisotopic (exact) mass is 415 g/mol. The quantitative estimate of drug-likeness (QED) is 0.466. The minimum absolute atomic E-state index is 0.0214. The van der Waals surface area contributed by atoms with Gasteiger partial charge in [0.15, 0.2) is 5.43 Å². The molecule has 0 aliphatic carbocycles. The van der Waals surface area contributed by atoms with Crippen LogP contribution in [0.1, 0.15) is 34.6 Å². The molecule has 0 bridgehead atoms. The van der Waals surface area contributed by atoms with Gasteiger partial charge in [0.1, 0.15) is 17.1 Å². The van der Waals surface area contributed by atoms with E-state index in [-0.39, 0.29) is 22.3 Å². The number of benzene rings is 3. The predicted molar refractivity (Wildman–Crippen MR) is 115 cm³/mol. The summed E-state index contributed by atoms with van der Waals surface area (Å²) in [6.45, 7) is 2.42. The number of nitrogens with zero attached hydrogens (tertiary/aromatic N) is 1. The van der Waals surface area contributed by atoms with Crippen molar-refractivity contribution in [2.24, 2.45) is 0 Å². The molecule has 3 aromatic carbocycles. The number of ether oxygens (including phenoxy) is 1. The van der Waals surface area contributed by atoms with Crippen molar-refractivity contribution >= 4 is 22.6 Å². The van der Waals surface area contributed by atoms with E-state index in [1.807, 2.05) is 37.3 Å². The molecule has 31 heavy (non-hydrogen) atoms. The molecule has 1 aliphatic rings.